The van der Waals surface area contributed by atoms with Gasteiger partial charge in [0.1, 0.15) is 0 Å². The molecule has 1 N–H and O–H groups in total. The minimum atomic E-state index is 0.205. The van der Waals surface area contributed by atoms with Gasteiger partial charge in [0.15, 0.2) is 0 Å². The maximum absolute atomic E-state index is 5.83. The molecule has 1 fully saturated rings. The van der Waals surface area contributed by atoms with Crippen LogP contribution in [0, 0.1) is 0 Å². The molecule has 0 spiro atoms. The van der Waals surface area contributed by atoms with Crippen LogP contribution in [-0.4, -0.2) is 35.4 Å². The number of rotatable bonds is 4. The lowest BCUT2D eigenvalue weighted by Crippen LogP contribution is -2.40. The van der Waals surface area contributed by atoms with Crippen LogP contribution in [-0.2, 0) is 11.3 Å². The first kappa shape index (κ1) is 15.0. The maximum Gasteiger partial charge on any atom is 0.0959 e. The molecule has 0 unspecified atom stereocenters. The van der Waals surface area contributed by atoms with E-state index in [9.17, 15) is 0 Å². The Labute approximate surface area is 131 Å². The number of imidazole rings is 1. The SMILES string of the molecule is CC(C)=Cc1c(-c2ccccc2)ncn1C[C@H]1CNCCO1. The van der Waals surface area contributed by atoms with Gasteiger partial charge >= 0.3 is 0 Å². The predicted octanol–water partition coefficient (Wildman–Crippen LogP) is 2.96. The molecule has 22 heavy (non-hydrogen) atoms. The summed E-state index contributed by atoms with van der Waals surface area (Å²) in [6.45, 7) is 7.67. The highest BCUT2D eigenvalue weighted by atomic mass is 16.5. The van der Waals surface area contributed by atoms with E-state index in [2.05, 4.69) is 59.1 Å². The Balaban J connectivity index is 1.93. The van der Waals surface area contributed by atoms with Gasteiger partial charge in [-0.1, -0.05) is 35.9 Å². The summed E-state index contributed by atoms with van der Waals surface area (Å²) in [5, 5.41) is 3.38. The number of nitrogens with one attached hydrogen (secondary N) is 1. The number of benzene rings is 1. The number of ether oxygens (including phenoxy) is 1. The average Bonchev–Trinajstić information content (AvgIpc) is 2.91. The molecular weight excluding hydrogens is 274 g/mol. The van der Waals surface area contributed by atoms with Crippen molar-refractivity contribution in [3.8, 4) is 11.3 Å². The summed E-state index contributed by atoms with van der Waals surface area (Å²) in [5.74, 6) is 0. The van der Waals surface area contributed by atoms with E-state index in [1.807, 2.05) is 12.4 Å². The summed E-state index contributed by atoms with van der Waals surface area (Å²) in [6, 6.07) is 10.3. The molecule has 1 aromatic carbocycles. The minimum absolute atomic E-state index is 0.205. The van der Waals surface area contributed by atoms with Gasteiger partial charge in [0.05, 0.1) is 37.0 Å². The molecule has 4 nitrogen and oxygen atoms in total. The van der Waals surface area contributed by atoms with Crippen molar-refractivity contribution in [3.05, 3.63) is 47.9 Å². The number of hydrogen-bond donors (Lipinski definition) is 1. The van der Waals surface area contributed by atoms with Crippen LogP contribution in [0.1, 0.15) is 19.5 Å². The third kappa shape index (κ3) is 3.46. The molecule has 0 saturated carbocycles. The zero-order valence-electron chi connectivity index (χ0n) is 13.2. The van der Waals surface area contributed by atoms with Crippen LogP contribution in [0.2, 0.25) is 0 Å². The monoisotopic (exact) mass is 297 g/mol. The second-order valence-corrected chi connectivity index (χ2v) is 5.92. The van der Waals surface area contributed by atoms with Crippen molar-refractivity contribution in [3.63, 3.8) is 0 Å². The van der Waals surface area contributed by atoms with Crippen molar-refractivity contribution in [2.24, 2.45) is 0 Å². The van der Waals surface area contributed by atoms with Crippen molar-refractivity contribution in [2.45, 2.75) is 26.5 Å². The molecule has 2 heterocycles. The van der Waals surface area contributed by atoms with Crippen LogP contribution in [0.4, 0.5) is 0 Å². The maximum atomic E-state index is 5.83. The third-order valence-electron chi connectivity index (χ3n) is 3.76. The number of aromatic nitrogens is 2. The van der Waals surface area contributed by atoms with Crippen LogP contribution >= 0.6 is 0 Å². The first-order valence-electron chi connectivity index (χ1n) is 7.82. The molecule has 3 rings (SSSR count). The molecule has 1 atom stereocenters. The Morgan fingerprint density at radius 1 is 1.36 bits per heavy atom. The number of allylic oxidation sites excluding steroid dienone is 1. The van der Waals surface area contributed by atoms with Crippen LogP contribution in [0.15, 0.2) is 42.2 Å². The zero-order chi connectivity index (χ0) is 15.4. The van der Waals surface area contributed by atoms with Gasteiger partial charge in [0.2, 0.25) is 0 Å². The fourth-order valence-corrected chi connectivity index (χ4v) is 2.74. The first-order chi connectivity index (χ1) is 10.7. The summed E-state index contributed by atoms with van der Waals surface area (Å²) in [5.41, 5.74) is 4.60. The van der Waals surface area contributed by atoms with Crippen LogP contribution in [0.5, 0.6) is 0 Å². The fourth-order valence-electron chi connectivity index (χ4n) is 2.74. The highest BCUT2D eigenvalue weighted by Crippen LogP contribution is 2.24. The van der Waals surface area contributed by atoms with Crippen LogP contribution < -0.4 is 5.32 Å². The van der Waals surface area contributed by atoms with Gasteiger partial charge in [-0.3, -0.25) is 0 Å². The molecule has 1 aliphatic rings. The molecule has 1 aromatic heterocycles. The smallest absolute Gasteiger partial charge is 0.0959 e. The van der Waals surface area contributed by atoms with Crippen LogP contribution in [0.3, 0.4) is 0 Å². The molecule has 1 saturated heterocycles. The van der Waals surface area contributed by atoms with Gasteiger partial charge in [0.25, 0.3) is 0 Å². The van der Waals surface area contributed by atoms with Crippen molar-refractivity contribution < 1.29 is 4.74 Å². The minimum Gasteiger partial charge on any atom is -0.374 e. The van der Waals surface area contributed by atoms with Gasteiger partial charge in [0, 0.05) is 18.7 Å². The Hall–Kier alpha value is -1.91. The largest absolute Gasteiger partial charge is 0.374 e. The highest BCUT2D eigenvalue weighted by Gasteiger charge is 2.17. The summed E-state index contributed by atoms with van der Waals surface area (Å²) >= 11 is 0. The Morgan fingerprint density at radius 2 is 2.18 bits per heavy atom. The van der Waals surface area contributed by atoms with E-state index in [1.54, 1.807) is 0 Å². The van der Waals surface area contributed by atoms with Crippen molar-refractivity contribution >= 4 is 6.08 Å². The topological polar surface area (TPSA) is 39.1 Å². The van der Waals surface area contributed by atoms with Gasteiger partial charge in [-0.05, 0) is 19.9 Å². The van der Waals surface area contributed by atoms with E-state index in [1.165, 1.54) is 5.57 Å². The summed E-state index contributed by atoms with van der Waals surface area (Å²) in [4.78, 5) is 4.65. The quantitative estimate of drug-likeness (QED) is 0.943. The van der Waals surface area contributed by atoms with Crippen LogP contribution in [0.25, 0.3) is 17.3 Å². The van der Waals surface area contributed by atoms with E-state index in [0.717, 1.165) is 43.2 Å². The normalized spacial score (nSPS) is 18.2. The number of hydrogen-bond acceptors (Lipinski definition) is 3. The molecule has 0 amide bonds. The van der Waals surface area contributed by atoms with Crippen molar-refractivity contribution in [2.75, 3.05) is 19.7 Å². The fraction of sp³-hybridized carbons (Fsp3) is 0.389. The van der Waals surface area contributed by atoms with Gasteiger partial charge in [-0.2, -0.15) is 0 Å². The molecular formula is C18H23N3O. The molecule has 116 valence electrons. The second-order valence-electron chi connectivity index (χ2n) is 5.92. The zero-order valence-corrected chi connectivity index (χ0v) is 13.2. The van der Waals surface area contributed by atoms with Crippen molar-refractivity contribution in [1.29, 1.82) is 0 Å². The van der Waals surface area contributed by atoms with Gasteiger partial charge in [-0.25, -0.2) is 4.98 Å². The van der Waals surface area contributed by atoms with Crippen molar-refractivity contribution in [1.82, 2.24) is 14.9 Å². The van der Waals surface area contributed by atoms with Gasteiger partial charge in [-0.15, -0.1) is 0 Å². The molecule has 0 radical (unpaired) electrons. The highest BCUT2D eigenvalue weighted by molar-refractivity contribution is 5.70. The second kappa shape index (κ2) is 6.90. The average molecular weight is 297 g/mol. The van der Waals surface area contributed by atoms with Gasteiger partial charge < -0.3 is 14.6 Å². The molecule has 0 bridgehead atoms. The predicted molar refractivity (Wildman–Crippen MR) is 89.6 cm³/mol. The molecule has 1 aliphatic heterocycles. The number of nitrogens with zero attached hydrogens (tertiary/aromatic N) is 2. The summed E-state index contributed by atoms with van der Waals surface area (Å²) < 4.78 is 8.03. The van der Waals surface area contributed by atoms with E-state index < -0.39 is 0 Å². The number of morpholine rings is 1. The molecule has 2 aromatic rings. The summed E-state index contributed by atoms with van der Waals surface area (Å²) in [7, 11) is 0. The van der Waals surface area contributed by atoms with E-state index in [0.29, 0.717) is 0 Å². The molecule has 4 heteroatoms. The Bertz CT molecular complexity index is 636. The Morgan fingerprint density at radius 3 is 2.86 bits per heavy atom. The Kier molecular flexibility index (Phi) is 4.71. The third-order valence-corrected chi connectivity index (χ3v) is 3.76. The lowest BCUT2D eigenvalue weighted by Gasteiger charge is -2.24. The summed E-state index contributed by atoms with van der Waals surface area (Å²) in [6.07, 6.45) is 4.33. The lowest BCUT2D eigenvalue weighted by molar-refractivity contribution is 0.0181. The standard InChI is InChI=1S/C18H23N3O/c1-14(2)10-17-18(15-6-4-3-5-7-15)20-13-21(17)12-16-11-19-8-9-22-16/h3-7,10,13,16,19H,8-9,11-12H2,1-2H3/t16-/m1/s1. The van der Waals surface area contributed by atoms with E-state index >= 15 is 0 Å². The lowest BCUT2D eigenvalue weighted by atomic mass is 10.1. The first-order valence-corrected chi connectivity index (χ1v) is 7.82. The molecule has 0 aliphatic carbocycles. The van der Waals surface area contributed by atoms with E-state index in [4.69, 9.17) is 4.74 Å². The van der Waals surface area contributed by atoms with E-state index in [-0.39, 0.29) is 6.10 Å².